The van der Waals surface area contributed by atoms with Gasteiger partial charge >= 0.3 is 5.97 Å². The van der Waals surface area contributed by atoms with Gasteiger partial charge in [0, 0.05) is 12.6 Å². The minimum absolute atomic E-state index is 0.116. The molecule has 0 aliphatic carbocycles. The summed E-state index contributed by atoms with van der Waals surface area (Å²) in [6.45, 7) is 7.04. The lowest BCUT2D eigenvalue weighted by Crippen LogP contribution is -2.51. The van der Waals surface area contributed by atoms with E-state index in [0.29, 0.717) is 5.69 Å². The molecule has 0 fully saturated rings. The number of likely N-dealkylation sites (N-methyl/N-ethyl adjacent to an activating group) is 1. The highest BCUT2D eigenvalue weighted by Gasteiger charge is 2.23. The van der Waals surface area contributed by atoms with E-state index >= 15 is 0 Å². The maximum atomic E-state index is 12.2. The van der Waals surface area contributed by atoms with Crippen molar-refractivity contribution in [2.75, 3.05) is 12.4 Å². The first-order valence-electron chi connectivity index (χ1n) is 8.25. The molecule has 0 bridgehead atoms. The predicted octanol–water partition coefficient (Wildman–Crippen LogP) is 1.44. The van der Waals surface area contributed by atoms with Gasteiger partial charge in [-0.3, -0.25) is 14.4 Å². The summed E-state index contributed by atoms with van der Waals surface area (Å²) in [5.74, 6) is -0.746. The van der Waals surface area contributed by atoms with E-state index in [1.165, 1.54) is 6.92 Å². The first kappa shape index (κ1) is 20.6. The molecule has 25 heavy (non-hydrogen) atoms. The van der Waals surface area contributed by atoms with Crippen LogP contribution in [0.5, 0.6) is 0 Å². The molecule has 0 spiro atoms. The molecule has 2 amide bonds. The van der Waals surface area contributed by atoms with Gasteiger partial charge in [0.25, 0.3) is 0 Å². The molecule has 0 unspecified atom stereocenters. The third kappa shape index (κ3) is 6.93. The van der Waals surface area contributed by atoms with E-state index in [0.717, 1.165) is 5.56 Å². The van der Waals surface area contributed by atoms with E-state index in [4.69, 9.17) is 4.74 Å². The molecule has 0 saturated heterocycles. The number of ether oxygens (including phenoxy) is 1. The Morgan fingerprint density at radius 3 is 2.12 bits per heavy atom. The van der Waals surface area contributed by atoms with Crippen LogP contribution >= 0.6 is 0 Å². The normalized spacial score (nSPS) is 13.0. The summed E-state index contributed by atoms with van der Waals surface area (Å²) >= 11 is 0. The molecular weight excluding hydrogens is 322 g/mol. The number of anilines is 1. The Kier molecular flexibility index (Phi) is 8.07. The van der Waals surface area contributed by atoms with E-state index in [-0.39, 0.29) is 36.4 Å². The number of rotatable bonds is 8. The van der Waals surface area contributed by atoms with Crippen molar-refractivity contribution in [1.29, 1.82) is 0 Å². The fraction of sp³-hybridized carbons (Fsp3) is 0.500. The summed E-state index contributed by atoms with van der Waals surface area (Å²) < 4.78 is 4.90. The Labute approximate surface area is 148 Å². The monoisotopic (exact) mass is 349 g/mol. The van der Waals surface area contributed by atoms with Crippen LogP contribution in [0.2, 0.25) is 0 Å². The first-order valence-corrected chi connectivity index (χ1v) is 8.25. The zero-order valence-electron chi connectivity index (χ0n) is 15.4. The first-order chi connectivity index (χ1) is 11.7. The van der Waals surface area contributed by atoms with Crippen molar-refractivity contribution >= 4 is 23.5 Å². The molecule has 3 N–H and O–H groups in total. The lowest BCUT2D eigenvalue weighted by Gasteiger charge is -2.22. The second-order valence-electron chi connectivity index (χ2n) is 6.21. The second-order valence-corrected chi connectivity index (χ2v) is 6.21. The van der Waals surface area contributed by atoms with Crippen LogP contribution in [0.4, 0.5) is 5.69 Å². The zero-order chi connectivity index (χ0) is 19.0. The number of nitrogens with one attached hydrogen (secondary N) is 3. The standard InChI is InChI=1S/C18H27N3O4/c1-11(2)16(19-5)18(24)20-12(3)17(23)21-15-8-6-14(7-9-15)10-25-13(4)22/h6-9,11-12,16,19H,10H2,1-5H3,(H,20,24)(H,21,23)/t12-,16+/m1/s1. The number of carbonyl (C=O) groups excluding carboxylic acids is 3. The molecule has 7 nitrogen and oxygen atoms in total. The highest BCUT2D eigenvalue weighted by molar-refractivity contribution is 5.97. The fourth-order valence-corrected chi connectivity index (χ4v) is 2.26. The SMILES string of the molecule is CN[C@H](C(=O)N[C@H](C)C(=O)Nc1ccc(COC(C)=O)cc1)C(C)C. The Balaban J connectivity index is 2.57. The van der Waals surface area contributed by atoms with Gasteiger partial charge in [-0.05, 0) is 37.6 Å². The van der Waals surface area contributed by atoms with E-state index in [1.54, 1.807) is 38.2 Å². The van der Waals surface area contributed by atoms with Crippen molar-refractivity contribution in [1.82, 2.24) is 10.6 Å². The number of benzene rings is 1. The van der Waals surface area contributed by atoms with Gasteiger partial charge in [0.2, 0.25) is 11.8 Å². The molecule has 138 valence electrons. The highest BCUT2D eigenvalue weighted by atomic mass is 16.5. The van der Waals surface area contributed by atoms with Gasteiger partial charge in [-0.2, -0.15) is 0 Å². The molecule has 7 heteroatoms. The molecule has 1 aromatic rings. The van der Waals surface area contributed by atoms with Crippen molar-refractivity contribution in [3.63, 3.8) is 0 Å². The number of amides is 2. The van der Waals surface area contributed by atoms with E-state index in [2.05, 4.69) is 16.0 Å². The van der Waals surface area contributed by atoms with Crippen molar-refractivity contribution < 1.29 is 19.1 Å². The average Bonchev–Trinajstić information content (AvgIpc) is 2.54. The fourth-order valence-electron chi connectivity index (χ4n) is 2.26. The maximum absolute atomic E-state index is 12.2. The summed E-state index contributed by atoms with van der Waals surface area (Å²) in [7, 11) is 1.71. The summed E-state index contributed by atoms with van der Waals surface area (Å²) in [5, 5.41) is 8.39. The van der Waals surface area contributed by atoms with Crippen LogP contribution < -0.4 is 16.0 Å². The Morgan fingerprint density at radius 2 is 1.64 bits per heavy atom. The van der Waals surface area contributed by atoms with Gasteiger partial charge in [0.15, 0.2) is 0 Å². The summed E-state index contributed by atoms with van der Waals surface area (Å²) in [6, 6.07) is 5.94. The lowest BCUT2D eigenvalue weighted by atomic mass is 10.0. The molecular formula is C18H27N3O4. The van der Waals surface area contributed by atoms with Crippen molar-refractivity contribution in [3.8, 4) is 0 Å². The topological polar surface area (TPSA) is 96.5 Å². The predicted molar refractivity (Wildman–Crippen MR) is 95.8 cm³/mol. The molecule has 2 atom stereocenters. The van der Waals surface area contributed by atoms with Gasteiger partial charge in [-0.25, -0.2) is 0 Å². The maximum Gasteiger partial charge on any atom is 0.302 e. The summed E-state index contributed by atoms with van der Waals surface area (Å²) in [4.78, 5) is 35.2. The van der Waals surface area contributed by atoms with Crippen molar-refractivity contribution in [2.24, 2.45) is 5.92 Å². The average molecular weight is 349 g/mol. The molecule has 1 aromatic carbocycles. The van der Waals surface area contributed by atoms with Gasteiger partial charge < -0.3 is 20.7 Å². The number of hydrogen-bond donors (Lipinski definition) is 3. The van der Waals surface area contributed by atoms with Gasteiger partial charge in [-0.15, -0.1) is 0 Å². The van der Waals surface area contributed by atoms with E-state index in [9.17, 15) is 14.4 Å². The molecule has 0 saturated carbocycles. The summed E-state index contributed by atoms with van der Waals surface area (Å²) in [6.07, 6.45) is 0. The van der Waals surface area contributed by atoms with Crippen LogP contribution in [0.1, 0.15) is 33.3 Å². The van der Waals surface area contributed by atoms with Gasteiger partial charge in [-0.1, -0.05) is 26.0 Å². The van der Waals surface area contributed by atoms with E-state index < -0.39 is 6.04 Å². The molecule has 0 radical (unpaired) electrons. The largest absolute Gasteiger partial charge is 0.461 e. The lowest BCUT2D eigenvalue weighted by molar-refractivity contribution is -0.142. The summed E-state index contributed by atoms with van der Waals surface area (Å²) in [5.41, 5.74) is 1.43. The molecule has 0 aliphatic rings. The van der Waals surface area contributed by atoms with Gasteiger partial charge in [0.05, 0.1) is 6.04 Å². The minimum atomic E-state index is -0.664. The van der Waals surface area contributed by atoms with E-state index in [1.807, 2.05) is 13.8 Å². The van der Waals surface area contributed by atoms with Gasteiger partial charge in [0.1, 0.15) is 12.6 Å². The molecule has 0 aliphatic heterocycles. The minimum Gasteiger partial charge on any atom is -0.461 e. The quantitative estimate of drug-likeness (QED) is 0.617. The Morgan fingerprint density at radius 1 is 1.04 bits per heavy atom. The third-order valence-electron chi connectivity index (χ3n) is 3.68. The number of carbonyl (C=O) groups is 3. The third-order valence-corrected chi connectivity index (χ3v) is 3.68. The molecule has 0 heterocycles. The second kappa shape index (κ2) is 9.78. The molecule has 0 aromatic heterocycles. The van der Waals surface area contributed by atoms with Crippen LogP contribution in [-0.2, 0) is 25.7 Å². The highest BCUT2D eigenvalue weighted by Crippen LogP contribution is 2.11. The van der Waals surface area contributed by atoms with Crippen LogP contribution in [0, 0.1) is 5.92 Å². The number of esters is 1. The van der Waals surface area contributed by atoms with Crippen LogP contribution in [0.25, 0.3) is 0 Å². The molecule has 1 rings (SSSR count). The number of hydrogen-bond acceptors (Lipinski definition) is 5. The Bertz CT molecular complexity index is 599. The Hall–Kier alpha value is -2.41. The smallest absolute Gasteiger partial charge is 0.302 e. The van der Waals surface area contributed by atoms with Crippen molar-refractivity contribution in [2.45, 2.75) is 46.4 Å². The van der Waals surface area contributed by atoms with Crippen LogP contribution in [0.15, 0.2) is 24.3 Å². The zero-order valence-corrected chi connectivity index (χ0v) is 15.4. The van der Waals surface area contributed by atoms with Crippen LogP contribution in [0.3, 0.4) is 0 Å². The van der Waals surface area contributed by atoms with Crippen molar-refractivity contribution in [3.05, 3.63) is 29.8 Å². The van der Waals surface area contributed by atoms with Crippen LogP contribution in [-0.4, -0.2) is 36.9 Å².